The van der Waals surface area contributed by atoms with Crippen molar-refractivity contribution in [1.82, 2.24) is 9.97 Å². The zero-order chi connectivity index (χ0) is 13.1. The number of halogens is 2. The largest absolute Gasteiger partial charge is 0.478 e. The Morgan fingerprint density at radius 1 is 1.28 bits per heavy atom. The first-order valence-electron chi connectivity index (χ1n) is 4.75. The molecule has 1 N–H and O–H groups in total. The first kappa shape index (κ1) is 13.5. The average molecular weight is 390 g/mol. The molecule has 18 heavy (non-hydrogen) atoms. The van der Waals surface area contributed by atoms with Crippen LogP contribution in [0.25, 0.3) is 0 Å². The van der Waals surface area contributed by atoms with Gasteiger partial charge in [-0.1, -0.05) is 0 Å². The molecule has 92 valence electrons. The molecule has 0 radical (unpaired) electrons. The van der Waals surface area contributed by atoms with Crippen LogP contribution in [-0.2, 0) is 0 Å². The summed E-state index contributed by atoms with van der Waals surface area (Å²) in [6.07, 6.45) is 3.21. The lowest BCUT2D eigenvalue weighted by Gasteiger charge is -2.05. The molecule has 0 fully saturated rings. The first-order chi connectivity index (χ1) is 8.58. The molecule has 2 aromatic rings. The molecule has 0 spiro atoms. The number of aromatic carboxylic acids is 1. The molecule has 7 heteroatoms. The van der Waals surface area contributed by atoms with E-state index >= 15 is 0 Å². The minimum absolute atomic E-state index is 0.166. The summed E-state index contributed by atoms with van der Waals surface area (Å²) in [6.45, 7) is 0. The molecule has 0 unspecified atom stereocenters. The van der Waals surface area contributed by atoms with Gasteiger partial charge in [0.15, 0.2) is 0 Å². The van der Waals surface area contributed by atoms with Crippen molar-refractivity contribution in [3.8, 4) is 0 Å². The summed E-state index contributed by atoms with van der Waals surface area (Å²) in [4.78, 5) is 19.3. The van der Waals surface area contributed by atoms with Crippen molar-refractivity contribution in [2.45, 2.75) is 10.1 Å². The van der Waals surface area contributed by atoms with E-state index < -0.39 is 5.97 Å². The molecule has 0 aliphatic heterocycles. The maximum Gasteiger partial charge on any atom is 0.338 e. The van der Waals surface area contributed by atoms with Gasteiger partial charge in [0, 0.05) is 16.9 Å². The Labute approximate surface area is 124 Å². The lowest BCUT2D eigenvalue weighted by Crippen LogP contribution is -2.00. The van der Waals surface area contributed by atoms with Gasteiger partial charge in [-0.25, -0.2) is 14.8 Å². The van der Waals surface area contributed by atoms with Crippen molar-refractivity contribution in [3.63, 3.8) is 0 Å². The van der Waals surface area contributed by atoms with Crippen molar-refractivity contribution in [2.75, 3.05) is 0 Å². The van der Waals surface area contributed by atoms with Crippen LogP contribution in [0, 0.1) is 0 Å². The van der Waals surface area contributed by atoms with Crippen LogP contribution >= 0.6 is 43.6 Å². The highest BCUT2D eigenvalue weighted by atomic mass is 79.9. The third-order valence-corrected chi connectivity index (χ3v) is 4.31. The number of aromatic nitrogens is 2. The first-order valence-corrected chi connectivity index (χ1v) is 7.15. The van der Waals surface area contributed by atoms with E-state index in [1.807, 2.05) is 6.07 Å². The number of rotatable bonds is 3. The van der Waals surface area contributed by atoms with E-state index in [4.69, 9.17) is 5.11 Å². The summed E-state index contributed by atoms with van der Waals surface area (Å²) in [6, 6.07) is 4.96. The predicted octanol–water partition coefficient (Wildman–Crippen LogP) is 3.85. The van der Waals surface area contributed by atoms with Gasteiger partial charge in [-0.05, 0) is 61.8 Å². The summed E-state index contributed by atoms with van der Waals surface area (Å²) in [5.41, 5.74) is 0.166. The van der Waals surface area contributed by atoms with Crippen LogP contribution in [0.15, 0.2) is 49.6 Å². The minimum atomic E-state index is -1.00. The second-order valence-corrected chi connectivity index (χ2v) is 5.95. The Bertz CT molecular complexity index is 607. The molecule has 0 atom stereocenters. The number of hydrogen-bond acceptors (Lipinski definition) is 4. The van der Waals surface area contributed by atoms with Crippen LogP contribution in [0.1, 0.15) is 10.4 Å². The molecule has 0 amide bonds. The number of hydrogen-bond donors (Lipinski definition) is 1. The van der Waals surface area contributed by atoms with Gasteiger partial charge in [-0.2, -0.15) is 0 Å². The maximum absolute atomic E-state index is 11.1. The smallest absolute Gasteiger partial charge is 0.338 e. The van der Waals surface area contributed by atoms with Crippen LogP contribution in [0.3, 0.4) is 0 Å². The molecule has 0 aliphatic carbocycles. The predicted molar refractivity (Wildman–Crippen MR) is 75.0 cm³/mol. The van der Waals surface area contributed by atoms with Gasteiger partial charge in [0.05, 0.1) is 10.0 Å². The van der Waals surface area contributed by atoms with Gasteiger partial charge >= 0.3 is 5.97 Å². The SMILES string of the molecule is O=C(O)c1cccnc1Sc1ncc(Br)cc1Br. The molecule has 2 heterocycles. The van der Waals surface area contributed by atoms with Crippen LogP contribution in [0.4, 0.5) is 0 Å². The molecule has 0 saturated carbocycles. The van der Waals surface area contributed by atoms with Crippen molar-refractivity contribution >= 4 is 49.6 Å². The normalized spacial score (nSPS) is 10.3. The Hall–Kier alpha value is -0.920. The highest BCUT2D eigenvalue weighted by Crippen LogP contribution is 2.33. The summed E-state index contributed by atoms with van der Waals surface area (Å²) in [5.74, 6) is -1.00. The van der Waals surface area contributed by atoms with E-state index in [1.165, 1.54) is 17.8 Å². The van der Waals surface area contributed by atoms with Gasteiger partial charge < -0.3 is 5.11 Å². The topological polar surface area (TPSA) is 63.1 Å². The highest BCUT2D eigenvalue weighted by molar-refractivity contribution is 9.11. The lowest BCUT2D eigenvalue weighted by molar-refractivity contribution is 0.0692. The van der Waals surface area contributed by atoms with E-state index in [1.54, 1.807) is 18.5 Å². The average Bonchev–Trinajstić information content (AvgIpc) is 2.33. The van der Waals surface area contributed by atoms with E-state index in [2.05, 4.69) is 41.8 Å². The van der Waals surface area contributed by atoms with Gasteiger partial charge in [-0.3, -0.25) is 0 Å². The molecule has 2 rings (SSSR count). The minimum Gasteiger partial charge on any atom is -0.478 e. The van der Waals surface area contributed by atoms with E-state index in [9.17, 15) is 4.79 Å². The lowest BCUT2D eigenvalue weighted by atomic mass is 10.3. The van der Waals surface area contributed by atoms with Gasteiger partial charge in [-0.15, -0.1) is 0 Å². The Morgan fingerprint density at radius 2 is 2.06 bits per heavy atom. The zero-order valence-corrected chi connectivity index (χ0v) is 12.8. The van der Waals surface area contributed by atoms with Crippen molar-refractivity contribution in [2.24, 2.45) is 0 Å². The fraction of sp³-hybridized carbons (Fsp3) is 0. The second-order valence-electron chi connectivity index (χ2n) is 3.20. The standard InChI is InChI=1S/C11H6Br2N2O2S/c12-6-4-8(13)10(15-5-6)18-9-7(11(16)17)2-1-3-14-9/h1-5H,(H,16,17). The molecule has 0 aromatic carbocycles. The quantitative estimate of drug-likeness (QED) is 0.863. The van der Waals surface area contributed by atoms with Crippen LogP contribution in [-0.4, -0.2) is 21.0 Å². The third-order valence-electron chi connectivity index (χ3n) is 1.97. The summed E-state index contributed by atoms with van der Waals surface area (Å²) < 4.78 is 1.63. The fourth-order valence-corrected chi connectivity index (χ4v) is 3.26. The zero-order valence-electron chi connectivity index (χ0n) is 8.80. The van der Waals surface area contributed by atoms with Gasteiger partial charge in [0.1, 0.15) is 10.1 Å². The monoisotopic (exact) mass is 388 g/mol. The number of nitrogens with zero attached hydrogens (tertiary/aromatic N) is 2. The summed E-state index contributed by atoms with van der Waals surface area (Å²) in [7, 11) is 0. The molecule has 4 nitrogen and oxygen atoms in total. The second kappa shape index (κ2) is 5.81. The molecule has 0 saturated heterocycles. The Morgan fingerprint density at radius 3 is 2.72 bits per heavy atom. The van der Waals surface area contributed by atoms with Crippen LogP contribution in [0.2, 0.25) is 0 Å². The number of carboxylic acids is 1. The molecular formula is C11H6Br2N2O2S. The third kappa shape index (κ3) is 3.09. The summed E-state index contributed by atoms with van der Waals surface area (Å²) in [5, 5.41) is 10.1. The molecular weight excluding hydrogens is 384 g/mol. The highest BCUT2D eigenvalue weighted by Gasteiger charge is 2.14. The van der Waals surface area contributed by atoms with E-state index in [0.29, 0.717) is 10.1 Å². The summed E-state index contributed by atoms with van der Waals surface area (Å²) >= 11 is 7.89. The fourth-order valence-electron chi connectivity index (χ4n) is 1.20. The Kier molecular flexibility index (Phi) is 4.36. The van der Waals surface area contributed by atoms with E-state index in [0.717, 1.165) is 8.95 Å². The maximum atomic E-state index is 11.1. The van der Waals surface area contributed by atoms with Gasteiger partial charge in [0.2, 0.25) is 0 Å². The van der Waals surface area contributed by atoms with Crippen molar-refractivity contribution in [3.05, 3.63) is 45.1 Å². The van der Waals surface area contributed by atoms with E-state index in [-0.39, 0.29) is 5.56 Å². The van der Waals surface area contributed by atoms with Crippen LogP contribution in [0.5, 0.6) is 0 Å². The van der Waals surface area contributed by atoms with Crippen molar-refractivity contribution in [1.29, 1.82) is 0 Å². The molecule has 0 bridgehead atoms. The van der Waals surface area contributed by atoms with Crippen molar-refractivity contribution < 1.29 is 9.90 Å². The Balaban J connectivity index is 2.37. The number of pyridine rings is 2. The number of carboxylic acid groups (broad SMARTS) is 1. The number of carbonyl (C=O) groups is 1. The van der Waals surface area contributed by atoms with Crippen LogP contribution < -0.4 is 0 Å². The van der Waals surface area contributed by atoms with Gasteiger partial charge in [0.25, 0.3) is 0 Å². The molecule has 0 aliphatic rings. The molecule has 2 aromatic heterocycles.